The molecule has 8 heteroatoms. The van der Waals surface area contributed by atoms with Crippen LogP contribution in [0.4, 0.5) is 24.9 Å². The van der Waals surface area contributed by atoms with Crippen LogP contribution in [-0.2, 0) is 12.7 Å². The van der Waals surface area contributed by atoms with Crippen molar-refractivity contribution in [1.29, 1.82) is 0 Å². The van der Waals surface area contributed by atoms with Gasteiger partial charge in [0.2, 0.25) is 5.95 Å². The summed E-state index contributed by atoms with van der Waals surface area (Å²) in [6.45, 7) is 0.210. The maximum absolute atomic E-state index is 12.8. The summed E-state index contributed by atoms with van der Waals surface area (Å²) >= 11 is 0. The van der Waals surface area contributed by atoms with Crippen LogP contribution in [-0.4, -0.2) is 24.1 Å². The summed E-state index contributed by atoms with van der Waals surface area (Å²) in [6, 6.07) is 4.29. The molecular formula is C12H13F3N4O. The van der Waals surface area contributed by atoms with Crippen LogP contribution in [0.2, 0.25) is 0 Å². The molecule has 0 aromatic carbocycles. The van der Waals surface area contributed by atoms with Gasteiger partial charge in [0, 0.05) is 20.2 Å². The van der Waals surface area contributed by atoms with Crippen molar-refractivity contribution in [2.45, 2.75) is 12.7 Å². The van der Waals surface area contributed by atoms with E-state index in [0.29, 0.717) is 5.76 Å². The van der Waals surface area contributed by atoms with Crippen LogP contribution in [0.1, 0.15) is 11.5 Å². The Kier molecular flexibility index (Phi) is 3.82. The van der Waals surface area contributed by atoms with E-state index >= 15 is 0 Å². The second kappa shape index (κ2) is 5.40. The number of nitrogens with zero attached hydrogens (tertiary/aromatic N) is 3. The largest absolute Gasteiger partial charge is 0.467 e. The molecule has 108 valence electrons. The third-order valence-electron chi connectivity index (χ3n) is 2.46. The highest BCUT2D eigenvalue weighted by Crippen LogP contribution is 2.30. The molecule has 0 spiro atoms. The van der Waals surface area contributed by atoms with Crippen molar-refractivity contribution in [2.75, 3.05) is 24.3 Å². The Morgan fingerprint density at radius 1 is 1.30 bits per heavy atom. The third kappa shape index (κ3) is 3.40. The molecule has 5 nitrogen and oxygen atoms in total. The number of halogens is 3. The predicted octanol–water partition coefficient (Wildman–Crippen LogP) is 2.77. The summed E-state index contributed by atoms with van der Waals surface area (Å²) in [5.41, 5.74) is -0.988. The zero-order valence-electron chi connectivity index (χ0n) is 10.9. The number of hydrogen-bond donors (Lipinski definition) is 1. The van der Waals surface area contributed by atoms with E-state index < -0.39 is 11.9 Å². The average Bonchev–Trinajstić information content (AvgIpc) is 2.88. The Balaban J connectivity index is 2.25. The zero-order valence-corrected chi connectivity index (χ0v) is 10.9. The van der Waals surface area contributed by atoms with E-state index in [1.807, 2.05) is 0 Å². The fraction of sp³-hybridized carbons (Fsp3) is 0.333. The molecule has 0 saturated carbocycles. The first-order chi connectivity index (χ1) is 9.36. The number of hydrogen-bond acceptors (Lipinski definition) is 5. The second-order valence-corrected chi connectivity index (χ2v) is 4.26. The molecule has 20 heavy (non-hydrogen) atoms. The maximum Gasteiger partial charge on any atom is 0.433 e. The molecule has 1 N–H and O–H groups in total. The minimum atomic E-state index is -4.52. The molecule has 0 atom stereocenters. The molecule has 2 rings (SSSR count). The van der Waals surface area contributed by atoms with Crippen LogP contribution in [0, 0.1) is 0 Å². The first-order valence-corrected chi connectivity index (χ1v) is 5.76. The number of furan rings is 1. The smallest absolute Gasteiger partial charge is 0.433 e. The lowest BCUT2D eigenvalue weighted by atomic mass is 10.3. The molecule has 0 saturated heterocycles. The average molecular weight is 286 g/mol. The van der Waals surface area contributed by atoms with Gasteiger partial charge in [0.05, 0.1) is 12.8 Å². The first-order valence-electron chi connectivity index (χ1n) is 5.76. The van der Waals surface area contributed by atoms with Crippen LogP contribution < -0.4 is 10.2 Å². The van der Waals surface area contributed by atoms with Crippen molar-refractivity contribution >= 4 is 11.8 Å². The summed E-state index contributed by atoms with van der Waals surface area (Å²) in [5.74, 6) is 0.659. The topological polar surface area (TPSA) is 54.2 Å². The molecule has 2 heterocycles. The quantitative estimate of drug-likeness (QED) is 0.936. The molecule has 2 aromatic rings. The lowest BCUT2D eigenvalue weighted by Crippen LogP contribution is -2.17. The Bertz CT molecular complexity index is 567. The lowest BCUT2D eigenvalue weighted by molar-refractivity contribution is -0.141. The van der Waals surface area contributed by atoms with Gasteiger partial charge in [-0.2, -0.15) is 18.2 Å². The highest BCUT2D eigenvalue weighted by Gasteiger charge is 2.34. The van der Waals surface area contributed by atoms with Gasteiger partial charge >= 0.3 is 6.18 Å². The Morgan fingerprint density at radius 3 is 2.60 bits per heavy atom. The minimum absolute atomic E-state index is 0.0973. The highest BCUT2D eigenvalue weighted by atomic mass is 19.4. The normalized spacial score (nSPS) is 11.4. The van der Waals surface area contributed by atoms with Crippen LogP contribution >= 0.6 is 0 Å². The number of aromatic nitrogens is 2. The molecule has 2 aromatic heterocycles. The van der Waals surface area contributed by atoms with E-state index in [1.54, 1.807) is 26.2 Å². The van der Waals surface area contributed by atoms with Gasteiger partial charge in [-0.1, -0.05) is 0 Å². The van der Waals surface area contributed by atoms with Crippen LogP contribution in [0.15, 0.2) is 28.9 Å². The van der Waals surface area contributed by atoms with Gasteiger partial charge in [0.25, 0.3) is 0 Å². The lowest BCUT2D eigenvalue weighted by Gasteiger charge is -2.15. The minimum Gasteiger partial charge on any atom is -0.467 e. The van der Waals surface area contributed by atoms with Crippen molar-refractivity contribution in [3.63, 3.8) is 0 Å². The summed E-state index contributed by atoms with van der Waals surface area (Å²) in [4.78, 5) is 8.96. The SMILES string of the molecule is CN(C)c1cc(C(F)(F)F)nc(NCc2ccco2)n1. The Labute approximate surface area is 113 Å². The number of alkyl halides is 3. The monoisotopic (exact) mass is 286 g/mol. The van der Waals surface area contributed by atoms with E-state index in [0.717, 1.165) is 6.07 Å². The predicted molar refractivity (Wildman–Crippen MR) is 67.4 cm³/mol. The second-order valence-electron chi connectivity index (χ2n) is 4.26. The zero-order chi connectivity index (χ0) is 14.8. The summed E-state index contributed by atoms with van der Waals surface area (Å²) in [6.07, 6.45) is -3.04. The summed E-state index contributed by atoms with van der Waals surface area (Å²) in [7, 11) is 3.22. The molecule has 0 amide bonds. The molecule has 0 fully saturated rings. The van der Waals surface area contributed by atoms with E-state index in [1.165, 1.54) is 11.2 Å². The van der Waals surface area contributed by atoms with Gasteiger partial charge in [0.15, 0.2) is 5.69 Å². The van der Waals surface area contributed by atoms with E-state index in [4.69, 9.17) is 4.42 Å². The summed E-state index contributed by atoms with van der Waals surface area (Å²) in [5, 5.41) is 2.71. The van der Waals surface area contributed by atoms with Gasteiger partial charge in [-0.15, -0.1) is 0 Å². The molecule has 0 aliphatic heterocycles. The van der Waals surface area contributed by atoms with Gasteiger partial charge in [-0.3, -0.25) is 0 Å². The molecule has 0 bridgehead atoms. The number of anilines is 2. The fourth-order valence-corrected chi connectivity index (χ4v) is 1.47. The molecule has 0 aliphatic carbocycles. The molecular weight excluding hydrogens is 273 g/mol. The van der Waals surface area contributed by atoms with Crippen LogP contribution in [0.5, 0.6) is 0 Å². The van der Waals surface area contributed by atoms with Gasteiger partial charge in [0.1, 0.15) is 11.6 Å². The van der Waals surface area contributed by atoms with Crippen LogP contribution in [0.3, 0.4) is 0 Å². The maximum atomic E-state index is 12.8. The van der Waals surface area contributed by atoms with Crippen molar-refractivity contribution in [3.8, 4) is 0 Å². The van der Waals surface area contributed by atoms with Crippen molar-refractivity contribution in [2.24, 2.45) is 0 Å². The number of nitrogens with one attached hydrogen (secondary N) is 1. The fourth-order valence-electron chi connectivity index (χ4n) is 1.47. The van der Waals surface area contributed by atoms with Gasteiger partial charge < -0.3 is 14.6 Å². The molecule has 0 radical (unpaired) electrons. The van der Waals surface area contributed by atoms with Gasteiger partial charge in [-0.25, -0.2) is 4.98 Å². The first kappa shape index (κ1) is 14.2. The Morgan fingerprint density at radius 2 is 2.05 bits per heavy atom. The molecule has 0 aliphatic rings. The summed E-state index contributed by atoms with van der Waals surface area (Å²) < 4.78 is 43.4. The Hall–Kier alpha value is -2.25. The van der Waals surface area contributed by atoms with E-state index in [9.17, 15) is 13.2 Å². The van der Waals surface area contributed by atoms with Crippen molar-refractivity contribution in [3.05, 3.63) is 35.9 Å². The number of rotatable bonds is 4. The molecule has 0 unspecified atom stereocenters. The van der Waals surface area contributed by atoms with Gasteiger partial charge in [-0.05, 0) is 12.1 Å². The highest BCUT2D eigenvalue weighted by molar-refractivity contribution is 5.44. The standard InChI is InChI=1S/C12H13F3N4O/c1-19(2)10-6-9(12(13,14)15)17-11(18-10)16-7-8-4-3-5-20-8/h3-6H,7H2,1-2H3,(H,16,17,18). The van der Waals surface area contributed by atoms with Crippen molar-refractivity contribution in [1.82, 2.24) is 9.97 Å². The third-order valence-corrected chi connectivity index (χ3v) is 2.46. The van der Waals surface area contributed by atoms with Crippen molar-refractivity contribution < 1.29 is 17.6 Å². The van der Waals surface area contributed by atoms with E-state index in [-0.39, 0.29) is 18.3 Å². The van der Waals surface area contributed by atoms with Crippen LogP contribution in [0.25, 0.3) is 0 Å². The van der Waals surface area contributed by atoms with E-state index in [2.05, 4.69) is 15.3 Å².